The Balaban J connectivity index is 1.97. The van der Waals surface area contributed by atoms with Gasteiger partial charge in [0.1, 0.15) is 0 Å². The second-order valence-electron chi connectivity index (χ2n) is 4.50. The molecule has 0 saturated heterocycles. The van der Waals surface area contributed by atoms with E-state index in [1.165, 1.54) is 12.1 Å². The minimum absolute atomic E-state index is 0.0977. The molecule has 0 fully saturated rings. The molecular weight excluding hydrogens is 363 g/mol. The van der Waals surface area contributed by atoms with Crippen molar-refractivity contribution >= 4 is 33.4 Å². The van der Waals surface area contributed by atoms with Crippen molar-refractivity contribution in [1.29, 1.82) is 0 Å². The van der Waals surface area contributed by atoms with Crippen LogP contribution in [0.25, 0.3) is 0 Å². The summed E-state index contributed by atoms with van der Waals surface area (Å²) < 4.78 is 37.7. The molecule has 2 aromatic rings. The highest BCUT2D eigenvalue weighted by molar-refractivity contribution is 9.10. The summed E-state index contributed by atoms with van der Waals surface area (Å²) in [6.07, 6.45) is 0. The first-order valence-corrected chi connectivity index (χ1v) is 7.79. The minimum Gasteiger partial charge on any atom is -0.381 e. The van der Waals surface area contributed by atoms with Crippen LogP contribution in [0.1, 0.15) is 11.1 Å². The molecule has 6 heteroatoms. The Morgan fingerprint density at radius 1 is 1.10 bits per heavy atom. The van der Waals surface area contributed by atoms with Gasteiger partial charge < -0.3 is 5.32 Å². The van der Waals surface area contributed by atoms with Crippen LogP contribution in [0.2, 0.25) is 0 Å². The number of nitrogens with one attached hydrogen (secondary N) is 1. The van der Waals surface area contributed by atoms with Crippen molar-refractivity contribution in [2.75, 3.05) is 5.32 Å². The third kappa shape index (κ3) is 5.28. The van der Waals surface area contributed by atoms with Gasteiger partial charge in [0, 0.05) is 21.6 Å². The van der Waals surface area contributed by atoms with Crippen LogP contribution in [0.3, 0.4) is 0 Å². The summed E-state index contributed by atoms with van der Waals surface area (Å²) in [5.74, 6) is 0. The van der Waals surface area contributed by atoms with Crippen molar-refractivity contribution in [1.82, 2.24) is 0 Å². The fourth-order valence-corrected chi connectivity index (χ4v) is 2.85. The van der Waals surface area contributed by atoms with Gasteiger partial charge in [0.2, 0.25) is 0 Å². The van der Waals surface area contributed by atoms with E-state index >= 15 is 0 Å². The Morgan fingerprint density at radius 2 is 1.76 bits per heavy atom. The normalized spacial score (nSPS) is 11.5. The maximum Gasteiger partial charge on any atom is 0.446 e. The highest BCUT2D eigenvalue weighted by Gasteiger charge is 2.28. The zero-order chi connectivity index (χ0) is 15.5. The van der Waals surface area contributed by atoms with Gasteiger partial charge in [-0.25, -0.2) is 0 Å². The molecule has 0 aromatic heterocycles. The number of alkyl halides is 3. The molecule has 1 N–H and O–H groups in total. The molecule has 0 aliphatic carbocycles. The maximum atomic E-state index is 12.2. The molecule has 1 nitrogen and oxygen atoms in total. The molecule has 112 valence electrons. The summed E-state index contributed by atoms with van der Waals surface area (Å²) in [4.78, 5) is 0.200. The molecule has 0 aliphatic heterocycles. The van der Waals surface area contributed by atoms with Gasteiger partial charge in [-0.05, 0) is 60.1 Å². The average Bonchev–Trinajstić information content (AvgIpc) is 2.38. The number of rotatable bonds is 4. The van der Waals surface area contributed by atoms with Crippen molar-refractivity contribution in [3.63, 3.8) is 0 Å². The van der Waals surface area contributed by atoms with E-state index in [2.05, 4.69) is 21.2 Å². The standard InChI is InChI=1S/C15H13BrF3NS/c1-10-8-12(16)4-7-14(10)20-9-11-2-5-13(6-3-11)21-15(17,18)19/h2-8,20H,9H2,1H3. The molecule has 0 saturated carbocycles. The number of aryl methyl sites for hydroxylation is 1. The van der Waals surface area contributed by atoms with Crippen LogP contribution in [0, 0.1) is 6.92 Å². The summed E-state index contributed by atoms with van der Waals surface area (Å²) in [6.45, 7) is 2.57. The predicted molar refractivity (Wildman–Crippen MR) is 84.6 cm³/mol. The molecule has 0 heterocycles. The summed E-state index contributed by atoms with van der Waals surface area (Å²) >= 11 is 3.30. The second kappa shape index (κ2) is 6.75. The molecule has 0 bridgehead atoms. The van der Waals surface area contributed by atoms with Gasteiger partial charge in [0.05, 0.1) is 0 Å². The van der Waals surface area contributed by atoms with E-state index in [-0.39, 0.29) is 16.7 Å². The second-order valence-corrected chi connectivity index (χ2v) is 6.56. The SMILES string of the molecule is Cc1cc(Br)ccc1NCc1ccc(SC(F)(F)F)cc1. The predicted octanol–water partition coefficient (Wildman–Crippen LogP) is 5.98. The highest BCUT2D eigenvalue weighted by atomic mass is 79.9. The summed E-state index contributed by atoms with van der Waals surface area (Å²) in [5, 5.41) is 3.27. The van der Waals surface area contributed by atoms with E-state index in [9.17, 15) is 13.2 Å². The van der Waals surface area contributed by atoms with Crippen LogP contribution in [0.5, 0.6) is 0 Å². The van der Waals surface area contributed by atoms with Gasteiger partial charge in [-0.3, -0.25) is 0 Å². The minimum atomic E-state index is -4.24. The van der Waals surface area contributed by atoms with E-state index in [1.54, 1.807) is 12.1 Å². The van der Waals surface area contributed by atoms with Crippen LogP contribution in [0.15, 0.2) is 51.8 Å². The number of hydrogen-bond acceptors (Lipinski definition) is 2. The zero-order valence-corrected chi connectivity index (χ0v) is 13.6. The van der Waals surface area contributed by atoms with Crippen molar-refractivity contribution in [2.24, 2.45) is 0 Å². The summed E-state index contributed by atoms with van der Waals surface area (Å²) in [6, 6.07) is 12.3. The van der Waals surface area contributed by atoms with Crippen molar-refractivity contribution in [3.8, 4) is 0 Å². The van der Waals surface area contributed by atoms with Gasteiger partial charge >= 0.3 is 5.51 Å². The number of hydrogen-bond donors (Lipinski definition) is 1. The smallest absolute Gasteiger partial charge is 0.381 e. The van der Waals surface area contributed by atoms with Crippen LogP contribution in [0.4, 0.5) is 18.9 Å². The molecule has 21 heavy (non-hydrogen) atoms. The number of benzene rings is 2. The number of thioether (sulfide) groups is 1. The van der Waals surface area contributed by atoms with Crippen molar-refractivity contribution in [3.05, 3.63) is 58.1 Å². The topological polar surface area (TPSA) is 12.0 Å². The molecule has 2 rings (SSSR count). The summed E-state index contributed by atoms with van der Waals surface area (Å²) in [7, 11) is 0. The maximum absolute atomic E-state index is 12.2. The Labute approximate surface area is 134 Å². The molecule has 0 radical (unpaired) electrons. The number of anilines is 1. The third-order valence-corrected chi connectivity index (χ3v) is 4.06. The quantitative estimate of drug-likeness (QED) is 0.659. The van der Waals surface area contributed by atoms with Crippen molar-refractivity contribution < 1.29 is 13.2 Å². The van der Waals surface area contributed by atoms with E-state index in [4.69, 9.17) is 0 Å². The molecule has 0 aliphatic rings. The van der Waals surface area contributed by atoms with Gasteiger partial charge in [-0.15, -0.1) is 0 Å². The fraction of sp³-hybridized carbons (Fsp3) is 0.200. The Kier molecular flexibility index (Phi) is 5.22. The fourth-order valence-electron chi connectivity index (χ4n) is 1.83. The zero-order valence-electron chi connectivity index (χ0n) is 11.2. The number of halogens is 4. The van der Waals surface area contributed by atoms with Gasteiger partial charge in [-0.1, -0.05) is 28.1 Å². The lowest BCUT2D eigenvalue weighted by Crippen LogP contribution is -2.01. The Hall–Kier alpha value is -1.14. The lowest BCUT2D eigenvalue weighted by molar-refractivity contribution is -0.0328. The van der Waals surface area contributed by atoms with Crippen molar-refractivity contribution in [2.45, 2.75) is 23.9 Å². The van der Waals surface area contributed by atoms with Gasteiger partial charge in [0.15, 0.2) is 0 Å². The van der Waals surface area contributed by atoms with E-state index in [0.29, 0.717) is 6.54 Å². The van der Waals surface area contributed by atoms with E-state index in [0.717, 1.165) is 21.3 Å². The molecule has 0 spiro atoms. The molecule has 2 aromatic carbocycles. The first-order valence-electron chi connectivity index (χ1n) is 6.18. The lowest BCUT2D eigenvalue weighted by atomic mass is 10.2. The van der Waals surface area contributed by atoms with E-state index < -0.39 is 5.51 Å². The van der Waals surface area contributed by atoms with Crippen LogP contribution in [-0.2, 0) is 6.54 Å². The Morgan fingerprint density at radius 3 is 2.33 bits per heavy atom. The Bertz CT molecular complexity index is 611. The first-order chi connectivity index (χ1) is 9.83. The van der Waals surface area contributed by atoms with Crippen LogP contribution >= 0.6 is 27.7 Å². The molecular formula is C15H13BrF3NS. The van der Waals surface area contributed by atoms with Gasteiger partial charge in [-0.2, -0.15) is 13.2 Å². The largest absolute Gasteiger partial charge is 0.446 e. The lowest BCUT2D eigenvalue weighted by Gasteiger charge is -2.11. The average molecular weight is 376 g/mol. The van der Waals surface area contributed by atoms with Gasteiger partial charge in [0.25, 0.3) is 0 Å². The van der Waals surface area contributed by atoms with Crippen LogP contribution in [-0.4, -0.2) is 5.51 Å². The monoisotopic (exact) mass is 375 g/mol. The third-order valence-electron chi connectivity index (χ3n) is 2.83. The summed E-state index contributed by atoms with van der Waals surface area (Å²) in [5.41, 5.74) is -1.20. The van der Waals surface area contributed by atoms with Crippen LogP contribution < -0.4 is 5.32 Å². The molecule has 0 unspecified atom stereocenters. The first kappa shape index (κ1) is 16.2. The van der Waals surface area contributed by atoms with E-state index in [1.807, 2.05) is 25.1 Å². The molecule has 0 amide bonds. The molecule has 0 atom stereocenters. The highest BCUT2D eigenvalue weighted by Crippen LogP contribution is 2.36.